The number of para-hydroxylation sites is 4. The minimum absolute atomic E-state index is 0.0193. The Bertz CT molecular complexity index is 3370. The molecular formula is C48H27BN2OS. The third-order valence-corrected chi connectivity index (χ3v) is 12.9. The molecule has 0 fully saturated rings. The van der Waals surface area contributed by atoms with Crippen LogP contribution < -0.4 is 15.7 Å². The molecule has 0 unspecified atom stereocenters. The van der Waals surface area contributed by atoms with Crippen molar-refractivity contribution in [1.82, 2.24) is 4.57 Å². The molecule has 0 saturated heterocycles. The number of nitrogens with zero attached hydrogens (tertiary/aromatic N) is 2. The van der Waals surface area contributed by atoms with E-state index in [1.165, 1.54) is 86.7 Å². The van der Waals surface area contributed by atoms with Crippen LogP contribution in [0.1, 0.15) is 0 Å². The first kappa shape index (κ1) is 28.1. The maximum absolute atomic E-state index is 6.50. The highest BCUT2D eigenvalue weighted by Crippen LogP contribution is 2.50. The van der Waals surface area contributed by atoms with E-state index in [0.717, 1.165) is 27.5 Å². The Balaban J connectivity index is 1.23. The van der Waals surface area contributed by atoms with Crippen molar-refractivity contribution < 1.29 is 4.42 Å². The first-order valence-electron chi connectivity index (χ1n) is 18.2. The number of thiophene rings is 1. The van der Waals surface area contributed by atoms with E-state index in [4.69, 9.17) is 4.42 Å². The lowest BCUT2D eigenvalue weighted by molar-refractivity contribution is 0.669. The Morgan fingerprint density at radius 1 is 0.491 bits per heavy atom. The molecule has 5 heterocycles. The molecule has 0 radical (unpaired) electrons. The van der Waals surface area contributed by atoms with Crippen LogP contribution in [0.25, 0.3) is 91.9 Å². The van der Waals surface area contributed by atoms with Gasteiger partial charge in [-0.2, -0.15) is 0 Å². The molecule has 0 bridgehead atoms. The van der Waals surface area contributed by atoms with Gasteiger partial charge in [-0.05, 0) is 94.3 Å². The third-order valence-electron chi connectivity index (χ3n) is 11.8. The zero-order valence-corrected chi connectivity index (χ0v) is 29.2. The van der Waals surface area contributed by atoms with Gasteiger partial charge in [-0.3, -0.25) is 0 Å². The first-order valence-corrected chi connectivity index (χ1v) is 19.0. The normalized spacial score (nSPS) is 13.2. The second kappa shape index (κ2) is 10.1. The van der Waals surface area contributed by atoms with Gasteiger partial charge >= 0.3 is 6.85 Å². The quantitative estimate of drug-likeness (QED) is 0.168. The van der Waals surface area contributed by atoms with Gasteiger partial charge in [0.2, 0.25) is 0 Å². The number of hydrogen-bond donors (Lipinski definition) is 0. The van der Waals surface area contributed by atoms with Crippen molar-refractivity contribution in [2.24, 2.45) is 0 Å². The van der Waals surface area contributed by atoms with Crippen molar-refractivity contribution in [3.05, 3.63) is 164 Å². The van der Waals surface area contributed by atoms with Gasteiger partial charge in [0.15, 0.2) is 0 Å². The first-order chi connectivity index (χ1) is 26.3. The van der Waals surface area contributed by atoms with E-state index >= 15 is 0 Å². The predicted molar refractivity (Wildman–Crippen MR) is 225 cm³/mol. The van der Waals surface area contributed by atoms with E-state index in [1.54, 1.807) is 0 Å². The summed E-state index contributed by atoms with van der Waals surface area (Å²) in [5, 5.41) is 7.46. The SMILES string of the molecule is c1ccc(N2B3c4ccccc4-n4c5ccccc5c5c(-c6ccc7c(c6)oc6ccccc67)cc(c3c54)-c3cc4c(cc32)sc2ccccc24)cc1. The average molecular weight is 691 g/mol. The van der Waals surface area contributed by atoms with E-state index in [-0.39, 0.29) is 6.85 Å². The van der Waals surface area contributed by atoms with Crippen molar-refractivity contribution in [2.75, 3.05) is 4.81 Å². The molecule has 0 amide bonds. The Morgan fingerprint density at radius 3 is 2.17 bits per heavy atom. The van der Waals surface area contributed by atoms with Crippen LogP contribution in [0.15, 0.2) is 168 Å². The molecule has 0 aliphatic carbocycles. The Kier molecular flexibility index (Phi) is 5.33. The molecule has 2 aliphatic rings. The summed E-state index contributed by atoms with van der Waals surface area (Å²) in [5.74, 6) is 0. The molecule has 2 aliphatic heterocycles. The van der Waals surface area contributed by atoms with Crippen molar-refractivity contribution >= 4 is 104 Å². The highest BCUT2D eigenvalue weighted by Gasteiger charge is 2.44. The lowest BCUT2D eigenvalue weighted by Crippen LogP contribution is -2.60. The number of fused-ring (bicyclic) bond motifs is 14. The Hall–Kier alpha value is -6.56. The molecule has 8 aromatic carbocycles. The highest BCUT2D eigenvalue weighted by molar-refractivity contribution is 7.25. The van der Waals surface area contributed by atoms with Crippen LogP contribution in [0.2, 0.25) is 0 Å². The predicted octanol–water partition coefficient (Wildman–Crippen LogP) is 12.0. The second-order valence-corrected chi connectivity index (χ2v) is 15.5. The van der Waals surface area contributed by atoms with Gasteiger partial charge in [0, 0.05) is 64.3 Å². The summed E-state index contributed by atoms with van der Waals surface area (Å²) < 4.78 is 11.7. The number of rotatable bonds is 2. The van der Waals surface area contributed by atoms with Crippen LogP contribution >= 0.6 is 11.3 Å². The minimum atomic E-state index is -0.0193. The fourth-order valence-corrected chi connectivity index (χ4v) is 10.7. The molecular weight excluding hydrogens is 663 g/mol. The Labute approximate surface area is 308 Å². The van der Waals surface area contributed by atoms with Gasteiger partial charge in [-0.1, -0.05) is 97.1 Å². The van der Waals surface area contributed by atoms with Crippen LogP contribution in [-0.2, 0) is 0 Å². The molecule has 11 aromatic rings. The lowest BCUT2D eigenvalue weighted by Gasteiger charge is -2.42. The summed E-state index contributed by atoms with van der Waals surface area (Å²) in [6, 6.07) is 60.4. The maximum Gasteiger partial charge on any atom is 0.333 e. The minimum Gasteiger partial charge on any atom is -0.456 e. The van der Waals surface area contributed by atoms with Gasteiger partial charge < -0.3 is 13.8 Å². The fourth-order valence-electron chi connectivity index (χ4n) is 9.60. The van der Waals surface area contributed by atoms with Crippen molar-refractivity contribution in [2.45, 2.75) is 0 Å². The van der Waals surface area contributed by atoms with Crippen LogP contribution in [0.5, 0.6) is 0 Å². The number of benzene rings is 8. The number of aromatic nitrogens is 1. The molecule has 3 nitrogen and oxygen atoms in total. The summed E-state index contributed by atoms with van der Waals surface area (Å²) in [6.45, 7) is -0.0193. The fraction of sp³-hybridized carbons (Fsp3) is 0. The van der Waals surface area contributed by atoms with Crippen molar-refractivity contribution in [3.8, 4) is 27.9 Å². The van der Waals surface area contributed by atoms with Gasteiger partial charge in [-0.15, -0.1) is 11.3 Å². The van der Waals surface area contributed by atoms with Gasteiger partial charge in [0.1, 0.15) is 11.2 Å². The number of anilines is 2. The monoisotopic (exact) mass is 690 g/mol. The molecule has 53 heavy (non-hydrogen) atoms. The van der Waals surface area contributed by atoms with E-state index in [1.807, 2.05) is 17.4 Å². The molecule has 3 aromatic heterocycles. The van der Waals surface area contributed by atoms with Crippen molar-refractivity contribution in [3.63, 3.8) is 0 Å². The molecule has 0 spiro atoms. The van der Waals surface area contributed by atoms with E-state index in [2.05, 4.69) is 167 Å². The standard InChI is InChI=1S/C48H27BN2OS/c1-2-12-29(13-3-1)51-41-27-45-36(32-15-6-11-21-44(32)53-45)26-35(41)37-25-34(28-22-23-31-30-14-5-10-20-42(30)52-43(31)24-28)46-33-16-4-8-18-39(33)50-40-19-9-7-17-38(40)49(51)47(37)48(46)50/h1-27H. The van der Waals surface area contributed by atoms with Gasteiger partial charge in [-0.25, -0.2) is 0 Å². The maximum atomic E-state index is 6.50. The summed E-state index contributed by atoms with van der Waals surface area (Å²) in [6.07, 6.45) is 0. The van der Waals surface area contributed by atoms with Gasteiger partial charge in [0.05, 0.1) is 11.0 Å². The Morgan fingerprint density at radius 2 is 1.25 bits per heavy atom. The van der Waals surface area contributed by atoms with E-state index in [9.17, 15) is 0 Å². The zero-order chi connectivity index (χ0) is 34.4. The lowest BCUT2D eigenvalue weighted by atomic mass is 9.44. The molecule has 0 N–H and O–H groups in total. The van der Waals surface area contributed by atoms with Gasteiger partial charge in [0.25, 0.3) is 0 Å². The number of furan rings is 1. The van der Waals surface area contributed by atoms with Crippen molar-refractivity contribution in [1.29, 1.82) is 0 Å². The summed E-state index contributed by atoms with van der Waals surface area (Å²) in [4.78, 5) is 2.61. The zero-order valence-electron chi connectivity index (χ0n) is 28.4. The molecule has 244 valence electrons. The largest absolute Gasteiger partial charge is 0.456 e. The van der Waals surface area contributed by atoms with E-state index in [0.29, 0.717) is 0 Å². The smallest absolute Gasteiger partial charge is 0.333 e. The summed E-state index contributed by atoms with van der Waals surface area (Å²) >= 11 is 1.89. The van der Waals surface area contributed by atoms with Crippen LogP contribution in [-0.4, -0.2) is 11.4 Å². The number of hydrogen-bond acceptors (Lipinski definition) is 3. The third kappa shape index (κ3) is 3.60. The topological polar surface area (TPSA) is 21.3 Å². The van der Waals surface area contributed by atoms with Crippen LogP contribution in [0, 0.1) is 0 Å². The average Bonchev–Trinajstić information content (AvgIpc) is 3.89. The van der Waals surface area contributed by atoms with E-state index < -0.39 is 0 Å². The molecule has 13 rings (SSSR count). The summed E-state index contributed by atoms with van der Waals surface area (Å²) in [7, 11) is 0. The molecule has 0 atom stereocenters. The van der Waals surface area contributed by atoms with Crippen LogP contribution in [0.4, 0.5) is 11.4 Å². The highest BCUT2D eigenvalue weighted by atomic mass is 32.1. The summed E-state index contributed by atoms with van der Waals surface area (Å²) in [5.41, 5.74) is 15.6. The van der Waals surface area contributed by atoms with Crippen LogP contribution in [0.3, 0.4) is 0 Å². The molecule has 5 heteroatoms. The second-order valence-electron chi connectivity index (χ2n) is 14.4. The molecule has 0 saturated carbocycles.